The second-order valence-electron chi connectivity index (χ2n) is 4.74. The molecule has 1 heterocycles. The van der Waals surface area contributed by atoms with Gasteiger partial charge in [-0.1, -0.05) is 0 Å². The maximum absolute atomic E-state index is 13.6. The molecule has 2 aromatic carbocycles. The van der Waals surface area contributed by atoms with Gasteiger partial charge in [-0.05, 0) is 36.4 Å². The first-order valence-corrected chi connectivity index (χ1v) is 6.17. The van der Waals surface area contributed by atoms with E-state index in [0.29, 0.717) is 5.69 Å². The Morgan fingerprint density at radius 3 is 2.43 bits per heavy atom. The number of nitrogens with two attached hydrogens (primary N) is 1. The number of carbonyl (C=O) groups is 2. The molecule has 0 atom stereocenters. The number of hydrogen-bond donors (Lipinski definition) is 1. The van der Waals surface area contributed by atoms with Crippen molar-refractivity contribution in [2.75, 3.05) is 5.73 Å². The third kappa shape index (κ3) is 2.14. The van der Waals surface area contributed by atoms with Gasteiger partial charge in [0.25, 0.3) is 11.8 Å². The molecule has 1 aliphatic heterocycles. The molecular formula is C15H10F2N2O2. The van der Waals surface area contributed by atoms with Crippen molar-refractivity contribution in [2.24, 2.45) is 0 Å². The standard InChI is InChI=1S/C15H10F2N2O2/c16-9-1-4-13(17)8(5-9)7-19-14(20)11-3-2-10(18)6-12(11)15(19)21/h1-6H,7,18H2. The second-order valence-corrected chi connectivity index (χ2v) is 4.74. The van der Waals surface area contributed by atoms with Crippen molar-refractivity contribution >= 4 is 17.5 Å². The number of amides is 2. The molecule has 0 aliphatic carbocycles. The van der Waals surface area contributed by atoms with Crippen LogP contribution in [0.4, 0.5) is 14.5 Å². The summed E-state index contributed by atoms with van der Waals surface area (Å²) >= 11 is 0. The highest BCUT2D eigenvalue weighted by molar-refractivity contribution is 6.21. The SMILES string of the molecule is Nc1ccc2c(c1)C(=O)N(Cc1cc(F)ccc1F)C2=O. The van der Waals surface area contributed by atoms with E-state index in [4.69, 9.17) is 5.73 Å². The maximum Gasteiger partial charge on any atom is 0.261 e. The summed E-state index contributed by atoms with van der Waals surface area (Å²) in [5.74, 6) is -2.41. The Morgan fingerprint density at radius 1 is 0.952 bits per heavy atom. The molecule has 2 aromatic rings. The smallest absolute Gasteiger partial charge is 0.261 e. The zero-order chi connectivity index (χ0) is 15.1. The average molecular weight is 288 g/mol. The molecule has 1 aliphatic rings. The van der Waals surface area contributed by atoms with Gasteiger partial charge in [-0.15, -0.1) is 0 Å². The molecule has 0 spiro atoms. The minimum absolute atomic E-state index is 0.0579. The molecule has 0 bridgehead atoms. The topological polar surface area (TPSA) is 63.4 Å². The molecule has 0 saturated carbocycles. The summed E-state index contributed by atoms with van der Waals surface area (Å²) in [5, 5.41) is 0. The molecule has 0 unspecified atom stereocenters. The summed E-state index contributed by atoms with van der Waals surface area (Å²) in [6.45, 7) is -0.324. The van der Waals surface area contributed by atoms with Crippen molar-refractivity contribution in [3.8, 4) is 0 Å². The summed E-state index contributed by atoms with van der Waals surface area (Å²) in [6, 6.07) is 7.26. The monoisotopic (exact) mass is 288 g/mol. The van der Waals surface area contributed by atoms with Crippen LogP contribution >= 0.6 is 0 Å². The fraction of sp³-hybridized carbons (Fsp3) is 0.0667. The molecule has 0 fully saturated rings. The molecule has 0 aromatic heterocycles. The van der Waals surface area contributed by atoms with E-state index in [0.717, 1.165) is 23.1 Å². The normalized spacial score (nSPS) is 13.7. The predicted molar refractivity (Wildman–Crippen MR) is 71.4 cm³/mol. The fourth-order valence-electron chi connectivity index (χ4n) is 2.29. The van der Waals surface area contributed by atoms with Crippen molar-refractivity contribution in [2.45, 2.75) is 6.54 Å². The largest absolute Gasteiger partial charge is 0.399 e. The lowest BCUT2D eigenvalue weighted by atomic mass is 10.1. The number of fused-ring (bicyclic) bond motifs is 1. The molecule has 21 heavy (non-hydrogen) atoms. The van der Waals surface area contributed by atoms with E-state index >= 15 is 0 Å². The first-order valence-electron chi connectivity index (χ1n) is 6.17. The Morgan fingerprint density at radius 2 is 1.67 bits per heavy atom. The van der Waals surface area contributed by atoms with Gasteiger partial charge in [0.1, 0.15) is 11.6 Å². The van der Waals surface area contributed by atoms with Crippen molar-refractivity contribution in [3.05, 3.63) is 64.7 Å². The number of carbonyl (C=O) groups excluding carboxylic acids is 2. The first-order chi connectivity index (χ1) is 9.97. The third-order valence-electron chi connectivity index (χ3n) is 3.33. The minimum atomic E-state index is -0.674. The predicted octanol–water partition coefficient (Wildman–Crippen LogP) is 2.34. The molecule has 4 nitrogen and oxygen atoms in total. The number of rotatable bonds is 2. The highest BCUT2D eigenvalue weighted by Crippen LogP contribution is 2.26. The van der Waals surface area contributed by atoms with Gasteiger partial charge in [0, 0.05) is 11.3 Å². The van der Waals surface area contributed by atoms with Crippen LogP contribution in [0.25, 0.3) is 0 Å². The van der Waals surface area contributed by atoms with E-state index in [2.05, 4.69) is 0 Å². The molecule has 6 heteroatoms. The van der Waals surface area contributed by atoms with Crippen molar-refractivity contribution in [3.63, 3.8) is 0 Å². The van der Waals surface area contributed by atoms with Crippen LogP contribution in [0.1, 0.15) is 26.3 Å². The number of imide groups is 1. The van der Waals surface area contributed by atoms with Crippen molar-refractivity contribution < 1.29 is 18.4 Å². The number of benzene rings is 2. The lowest BCUT2D eigenvalue weighted by molar-refractivity contribution is 0.0641. The Hall–Kier alpha value is -2.76. The Labute approximate surface area is 118 Å². The molecule has 0 saturated heterocycles. The first kappa shape index (κ1) is 13.2. The summed E-state index contributed by atoms with van der Waals surface area (Å²) < 4.78 is 26.8. The van der Waals surface area contributed by atoms with Crippen molar-refractivity contribution in [1.29, 1.82) is 0 Å². The van der Waals surface area contributed by atoms with Crippen LogP contribution in [0.5, 0.6) is 0 Å². The van der Waals surface area contributed by atoms with Crippen LogP contribution < -0.4 is 5.73 Å². The highest BCUT2D eigenvalue weighted by Gasteiger charge is 2.35. The van der Waals surface area contributed by atoms with Gasteiger partial charge in [0.15, 0.2) is 0 Å². The number of nitrogen functional groups attached to an aromatic ring is 1. The summed E-state index contributed by atoms with van der Waals surface area (Å²) in [4.78, 5) is 25.2. The van der Waals surface area contributed by atoms with Crippen LogP contribution in [0.2, 0.25) is 0 Å². The van der Waals surface area contributed by atoms with Crippen LogP contribution in [0, 0.1) is 11.6 Å². The number of halogens is 2. The van der Waals surface area contributed by atoms with Gasteiger partial charge in [0.2, 0.25) is 0 Å². The van der Waals surface area contributed by atoms with Crippen LogP contribution in [-0.2, 0) is 6.54 Å². The Balaban J connectivity index is 1.97. The highest BCUT2D eigenvalue weighted by atomic mass is 19.1. The molecular weight excluding hydrogens is 278 g/mol. The summed E-state index contributed by atoms with van der Waals surface area (Å²) in [7, 11) is 0. The van der Waals surface area contributed by atoms with E-state index in [1.165, 1.54) is 18.2 Å². The van der Waals surface area contributed by atoms with Crippen LogP contribution in [0.15, 0.2) is 36.4 Å². The van der Waals surface area contributed by atoms with Crippen LogP contribution in [0.3, 0.4) is 0 Å². The lowest BCUT2D eigenvalue weighted by Gasteiger charge is -2.14. The fourth-order valence-corrected chi connectivity index (χ4v) is 2.29. The zero-order valence-electron chi connectivity index (χ0n) is 10.8. The molecule has 2 N–H and O–H groups in total. The van der Waals surface area contributed by atoms with E-state index in [1.807, 2.05) is 0 Å². The van der Waals surface area contributed by atoms with E-state index in [-0.39, 0.29) is 23.2 Å². The Bertz CT molecular complexity index is 774. The van der Waals surface area contributed by atoms with Crippen molar-refractivity contribution in [1.82, 2.24) is 4.90 Å². The average Bonchev–Trinajstić information content (AvgIpc) is 2.67. The van der Waals surface area contributed by atoms with Gasteiger partial charge in [0.05, 0.1) is 17.7 Å². The van der Waals surface area contributed by atoms with E-state index in [9.17, 15) is 18.4 Å². The van der Waals surface area contributed by atoms with Gasteiger partial charge in [-0.2, -0.15) is 0 Å². The number of anilines is 1. The van der Waals surface area contributed by atoms with E-state index in [1.54, 1.807) is 0 Å². The molecule has 2 amide bonds. The number of nitrogens with zero attached hydrogens (tertiary/aromatic N) is 1. The molecule has 0 radical (unpaired) electrons. The second kappa shape index (κ2) is 4.66. The van der Waals surface area contributed by atoms with Gasteiger partial charge >= 0.3 is 0 Å². The quantitative estimate of drug-likeness (QED) is 0.681. The molecule has 106 valence electrons. The van der Waals surface area contributed by atoms with E-state index < -0.39 is 23.4 Å². The molecule has 3 rings (SSSR count). The lowest BCUT2D eigenvalue weighted by Crippen LogP contribution is -2.29. The van der Waals surface area contributed by atoms with Gasteiger partial charge in [-0.3, -0.25) is 14.5 Å². The zero-order valence-corrected chi connectivity index (χ0v) is 10.8. The van der Waals surface area contributed by atoms with Gasteiger partial charge in [-0.25, -0.2) is 8.78 Å². The summed E-state index contributed by atoms with van der Waals surface area (Å²) in [6.07, 6.45) is 0. The Kier molecular flexibility index (Phi) is 2.94. The minimum Gasteiger partial charge on any atom is -0.399 e. The third-order valence-corrected chi connectivity index (χ3v) is 3.33. The van der Waals surface area contributed by atoms with Crippen LogP contribution in [-0.4, -0.2) is 16.7 Å². The van der Waals surface area contributed by atoms with Gasteiger partial charge < -0.3 is 5.73 Å². The number of hydrogen-bond acceptors (Lipinski definition) is 3. The summed E-state index contributed by atoms with van der Waals surface area (Å²) in [5.41, 5.74) is 6.28. The maximum atomic E-state index is 13.6.